The maximum Gasteiger partial charge on any atom is 0.253 e. The number of allylic oxidation sites excluding steroid dienone is 2. The summed E-state index contributed by atoms with van der Waals surface area (Å²) >= 11 is 6.17. The highest BCUT2D eigenvalue weighted by molar-refractivity contribution is 6.30. The third-order valence-corrected chi connectivity index (χ3v) is 7.49. The number of benzene rings is 1. The van der Waals surface area contributed by atoms with E-state index in [1.807, 2.05) is 35.4 Å². The summed E-state index contributed by atoms with van der Waals surface area (Å²) in [6.45, 7) is 4.80. The minimum Gasteiger partial charge on any atom is -0.387 e. The van der Waals surface area contributed by atoms with E-state index in [2.05, 4.69) is 50.9 Å². The topological polar surface area (TPSA) is 50.9 Å². The summed E-state index contributed by atoms with van der Waals surface area (Å²) in [6, 6.07) is 8.09. The molecule has 1 saturated heterocycles. The van der Waals surface area contributed by atoms with Crippen LogP contribution in [0.5, 0.6) is 0 Å². The molecule has 1 saturated carbocycles. The summed E-state index contributed by atoms with van der Waals surface area (Å²) in [6.07, 6.45) is 15.4. The van der Waals surface area contributed by atoms with Gasteiger partial charge in [0.05, 0.1) is 11.4 Å². The number of carbonyl (C=O) groups is 1. The van der Waals surface area contributed by atoms with Crippen LogP contribution in [0, 0.1) is 5.92 Å². The van der Waals surface area contributed by atoms with Crippen LogP contribution in [0.3, 0.4) is 0 Å². The van der Waals surface area contributed by atoms with Crippen molar-refractivity contribution in [2.75, 3.05) is 39.3 Å². The fourth-order valence-electron chi connectivity index (χ4n) is 5.10. The monoisotopic (exact) mass is 475 g/mol. The van der Waals surface area contributed by atoms with Crippen LogP contribution in [0.4, 0.5) is 0 Å². The molecule has 1 aromatic rings. The number of fused-ring (bicyclic) bond motifs is 1. The van der Waals surface area contributed by atoms with Gasteiger partial charge in [0.25, 0.3) is 5.91 Å². The van der Waals surface area contributed by atoms with Gasteiger partial charge in [0, 0.05) is 56.1 Å². The number of rotatable bonds is 5. The molecule has 1 atom stereocenters. The molecule has 4 aliphatic heterocycles. The summed E-state index contributed by atoms with van der Waals surface area (Å²) < 4.78 is 0. The molecule has 0 radical (unpaired) electrons. The Kier molecular flexibility index (Phi) is 5.71. The molecular weight excluding hydrogens is 446 g/mol. The maximum absolute atomic E-state index is 12.9. The van der Waals surface area contributed by atoms with E-state index in [0.717, 1.165) is 48.9 Å². The number of halogens is 1. The van der Waals surface area contributed by atoms with Crippen molar-refractivity contribution in [2.45, 2.75) is 19.0 Å². The molecule has 0 aromatic heterocycles. The summed E-state index contributed by atoms with van der Waals surface area (Å²) in [5, 5.41) is 7.59. The molecule has 1 aliphatic carbocycles. The van der Waals surface area contributed by atoms with E-state index in [9.17, 15) is 4.79 Å². The number of dihydropyridines is 1. The number of amides is 1. The normalized spacial score (nSPS) is 24.4. The Labute approximate surface area is 205 Å². The van der Waals surface area contributed by atoms with E-state index in [0.29, 0.717) is 12.5 Å². The molecule has 0 bridgehead atoms. The number of piperazine rings is 1. The summed E-state index contributed by atoms with van der Waals surface area (Å²) in [5.41, 5.74) is 5.84. The minimum atomic E-state index is 0.138. The van der Waals surface area contributed by atoms with Crippen LogP contribution in [-0.4, -0.2) is 66.0 Å². The smallest absolute Gasteiger partial charge is 0.253 e. The van der Waals surface area contributed by atoms with Crippen LogP contribution in [0.1, 0.15) is 18.4 Å². The molecule has 1 amide bonds. The quantitative estimate of drug-likeness (QED) is 0.684. The maximum atomic E-state index is 12.9. The average molecular weight is 476 g/mol. The zero-order chi connectivity index (χ0) is 23.1. The Bertz CT molecular complexity index is 1120. The molecule has 2 fully saturated rings. The Hall–Kier alpha value is -2.96. The number of carbonyl (C=O) groups excluding carboxylic acids is 1. The first kappa shape index (κ1) is 21.6. The first-order valence-electron chi connectivity index (χ1n) is 12.2. The van der Waals surface area contributed by atoms with E-state index in [1.165, 1.54) is 29.8 Å². The standard InChI is InChI=1S/C27H30ClN5O/c28-23-6-3-20(4-7-23)26-24(33-17-22(19-1-2-19)5-8-25(33)30-26)18-31-13-15-32(16-14-31)27(34)21-9-11-29-12-10-21/h3-11,17,19,25,29-30H,1-2,12-16,18H2. The summed E-state index contributed by atoms with van der Waals surface area (Å²) in [5.74, 6) is 0.852. The molecule has 1 unspecified atom stereocenters. The highest BCUT2D eigenvalue weighted by Crippen LogP contribution is 2.41. The second-order valence-electron chi connectivity index (χ2n) is 9.56. The van der Waals surface area contributed by atoms with E-state index < -0.39 is 0 Å². The van der Waals surface area contributed by atoms with Crippen molar-refractivity contribution in [3.05, 3.63) is 88.4 Å². The molecule has 6 nitrogen and oxygen atoms in total. The molecule has 4 heterocycles. The van der Waals surface area contributed by atoms with Crippen molar-refractivity contribution in [2.24, 2.45) is 5.92 Å². The fourth-order valence-corrected chi connectivity index (χ4v) is 5.23. The highest BCUT2D eigenvalue weighted by Gasteiger charge is 2.35. The second-order valence-corrected chi connectivity index (χ2v) is 9.99. The van der Waals surface area contributed by atoms with Gasteiger partial charge in [-0.2, -0.15) is 0 Å². The molecule has 0 spiro atoms. The largest absolute Gasteiger partial charge is 0.387 e. The van der Waals surface area contributed by atoms with Crippen molar-refractivity contribution in [3.63, 3.8) is 0 Å². The van der Waals surface area contributed by atoms with Crippen LogP contribution in [0.25, 0.3) is 5.70 Å². The Morgan fingerprint density at radius 1 is 1.06 bits per heavy atom. The third-order valence-electron chi connectivity index (χ3n) is 7.23. The number of hydrogen-bond acceptors (Lipinski definition) is 5. The zero-order valence-corrected chi connectivity index (χ0v) is 20.0. The van der Waals surface area contributed by atoms with E-state index >= 15 is 0 Å². The van der Waals surface area contributed by atoms with Crippen molar-refractivity contribution >= 4 is 23.2 Å². The molecule has 6 rings (SSSR count). The third kappa shape index (κ3) is 4.28. The first-order chi connectivity index (χ1) is 16.7. The number of nitrogens with one attached hydrogen (secondary N) is 2. The molecule has 34 heavy (non-hydrogen) atoms. The van der Waals surface area contributed by atoms with Crippen LogP contribution in [-0.2, 0) is 4.79 Å². The van der Waals surface area contributed by atoms with Crippen molar-refractivity contribution in [3.8, 4) is 0 Å². The number of hydrogen-bond donors (Lipinski definition) is 2. The van der Waals surface area contributed by atoms with Crippen LogP contribution in [0.15, 0.2) is 77.8 Å². The van der Waals surface area contributed by atoms with E-state index in [4.69, 9.17) is 11.6 Å². The van der Waals surface area contributed by atoms with Crippen LogP contribution in [0.2, 0.25) is 5.02 Å². The zero-order valence-electron chi connectivity index (χ0n) is 19.2. The van der Waals surface area contributed by atoms with Crippen molar-refractivity contribution in [1.82, 2.24) is 25.3 Å². The van der Waals surface area contributed by atoms with Gasteiger partial charge in [-0.1, -0.05) is 35.9 Å². The van der Waals surface area contributed by atoms with Crippen molar-refractivity contribution in [1.29, 1.82) is 0 Å². The Morgan fingerprint density at radius 2 is 1.85 bits per heavy atom. The summed E-state index contributed by atoms with van der Waals surface area (Å²) in [4.78, 5) is 19.7. The fraction of sp³-hybridized carbons (Fsp3) is 0.370. The van der Waals surface area contributed by atoms with Gasteiger partial charge in [0.2, 0.25) is 0 Å². The Morgan fingerprint density at radius 3 is 2.56 bits per heavy atom. The van der Waals surface area contributed by atoms with Gasteiger partial charge in [-0.05, 0) is 60.4 Å². The molecule has 176 valence electrons. The second kappa shape index (κ2) is 9.01. The highest BCUT2D eigenvalue weighted by atomic mass is 35.5. The predicted molar refractivity (Wildman–Crippen MR) is 135 cm³/mol. The molecule has 1 aromatic carbocycles. The van der Waals surface area contributed by atoms with Gasteiger partial charge in [0.1, 0.15) is 6.17 Å². The van der Waals surface area contributed by atoms with Gasteiger partial charge in [-0.15, -0.1) is 0 Å². The van der Waals surface area contributed by atoms with Gasteiger partial charge >= 0.3 is 0 Å². The van der Waals surface area contributed by atoms with Gasteiger partial charge in [-0.25, -0.2) is 0 Å². The van der Waals surface area contributed by atoms with Crippen molar-refractivity contribution < 1.29 is 4.79 Å². The van der Waals surface area contributed by atoms with Gasteiger partial charge < -0.3 is 20.4 Å². The SMILES string of the molecule is O=C(C1=CCNC=C1)N1CCN(CC2=C(c3ccc(Cl)cc3)NC3C=CC(C4CC4)=CN23)CC1. The predicted octanol–water partition coefficient (Wildman–Crippen LogP) is 3.29. The van der Waals surface area contributed by atoms with Gasteiger partial charge in [0.15, 0.2) is 0 Å². The van der Waals surface area contributed by atoms with Crippen LogP contribution >= 0.6 is 11.6 Å². The number of nitrogens with zero attached hydrogens (tertiary/aromatic N) is 3. The van der Waals surface area contributed by atoms with Crippen LogP contribution < -0.4 is 10.6 Å². The lowest BCUT2D eigenvalue weighted by atomic mass is 10.1. The molecule has 7 heteroatoms. The molecule has 5 aliphatic rings. The lowest BCUT2D eigenvalue weighted by Gasteiger charge is -2.37. The summed E-state index contributed by atoms with van der Waals surface area (Å²) in [7, 11) is 0. The minimum absolute atomic E-state index is 0.138. The van der Waals surface area contributed by atoms with E-state index in [1.54, 1.807) is 0 Å². The molecule has 2 N–H and O–H groups in total. The lowest BCUT2D eigenvalue weighted by molar-refractivity contribution is -0.128. The Balaban J connectivity index is 1.20. The lowest BCUT2D eigenvalue weighted by Crippen LogP contribution is -2.50. The average Bonchev–Trinajstić information content (AvgIpc) is 3.68. The van der Waals surface area contributed by atoms with E-state index in [-0.39, 0.29) is 12.1 Å². The van der Waals surface area contributed by atoms with Gasteiger partial charge in [-0.3, -0.25) is 9.69 Å². The first-order valence-corrected chi connectivity index (χ1v) is 12.6. The molecular formula is C27H30ClN5O.